The monoisotopic (exact) mass is 273 g/mol. The zero-order valence-corrected chi connectivity index (χ0v) is 11.5. The van der Waals surface area contributed by atoms with E-state index in [1.165, 1.54) is 10.9 Å². The number of anilines is 1. The summed E-state index contributed by atoms with van der Waals surface area (Å²) in [4.78, 5) is 23.2. The number of carbonyl (C=O) groups excluding carboxylic acids is 1. The largest absolute Gasteiger partial charge is 0.478 e. The summed E-state index contributed by atoms with van der Waals surface area (Å²) in [6.07, 6.45) is 1.31. The fourth-order valence-corrected chi connectivity index (χ4v) is 1.86. The Hall–Kier alpha value is -2.63. The minimum atomic E-state index is -1.18. The number of carboxylic acid groups (broad SMARTS) is 1. The Morgan fingerprint density at radius 2 is 2.00 bits per heavy atom. The molecule has 2 rings (SSSR count). The molecule has 0 aliphatic rings. The molecular formula is C14H15N3O3. The van der Waals surface area contributed by atoms with Crippen molar-refractivity contribution >= 4 is 17.6 Å². The van der Waals surface area contributed by atoms with Gasteiger partial charge in [-0.05, 0) is 31.0 Å². The molecular weight excluding hydrogens is 258 g/mol. The van der Waals surface area contributed by atoms with Crippen molar-refractivity contribution in [3.8, 4) is 0 Å². The number of hydrogen-bond donors (Lipinski definition) is 2. The van der Waals surface area contributed by atoms with Gasteiger partial charge in [0.15, 0.2) is 5.69 Å². The Morgan fingerprint density at radius 3 is 2.65 bits per heavy atom. The lowest BCUT2D eigenvalue weighted by Crippen LogP contribution is -2.17. The predicted octanol–water partition coefficient (Wildman–Crippen LogP) is 1.99. The number of hydrogen-bond acceptors (Lipinski definition) is 3. The number of aromatic nitrogens is 2. The van der Waals surface area contributed by atoms with Crippen molar-refractivity contribution < 1.29 is 14.7 Å². The molecule has 2 aromatic rings. The molecule has 0 aliphatic heterocycles. The SMILES string of the molecule is Cc1ccc(C)c(NC(=O)c2nn(C)cc2C(=O)O)c1. The van der Waals surface area contributed by atoms with E-state index < -0.39 is 11.9 Å². The van der Waals surface area contributed by atoms with E-state index >= 15 is 0 Å². The maximum absolute atomic E-state index is 12.2. The van der Waals surface area contributed by atoms with Crippen molar-refractivity contribution in [2.24, 2.45) is 7.05 Å². The first-order valence-corrected chi connectivity index (χ1v) is 6.04. The quantitative estimate of drug-likeness (QED) is 0.895. The molecule has 0 atom stereocenters. The Labute approximate surface area is 116 Å². The second-order valence-corrected chi connectivity index (χ2v) is 4.64. The van der Waals surface area contributed by atoms with Gasteiger partial charge in [0.1, 0.15) is 5.56 Å². The molecule has 0 radical (unpaired) electrons. The highest BCUT2D eigenvalue weighted by Gasteiger charge is 2.21. The fraction of sp³-hybridized carbons (Fsp3) is 0.214. The number of aromatic carboxylic acids is 1. The minimum Gasteiger partial charge on any atom is -0.478 e. The van der Waals surface area contributed by atoms with E-state index in [9.17, 15) is 9.59 Å². The van der Waals surface area contributed by atoms with Gasteiger partial charge in [-0.2, -0.15) is 5.10 Å². The summed E-state index contributed by atoms with van der Waals surface area (Å²) in [7, 11) is 1.57. The zero-order valence-electron chi connectivity index (χ0n) is 11.5. The van der Waals surface area contributed by atoms with Gasteiger partial charge in [-0.15, -0.1) is 0 Å². The molecule has 1 heterocycles. The molecule has 0 spiro atoms. The molecule has 1 amide bonds. The summed E-state index contributed by atoms with van der Waals surface area (Å²) in [6.45, 7) is 3.78. The second-order valence-electron chi connectivity index (χ2n) is 4.64. The third-order valence-corrected chi connectivity index (χ3v) is 2.92. The minimum absolute atomic E-state index is 0.0964. The van der Waals surface area contributed by atoms with E-state index in [1.807, 2.05) is 32.0 Å². The number of rotatable bonds is 3. The van der Waals surface area contributed by atoms with Crippen molar-refractivity contribution in [3.63, 3.8) is 0 Å². The molecule has 0 saturated carbocycles. The van der Waals surface area contributed by atoms with Gasteiger partial charge in [-0.1, -0.05) is 12.1 Å². The molecule has 0 bridgehead atoms. The lowest BCUT2D eigenvalue weighted by atomic mass is 10.1. The summed E-state index contributed by atoms with van der Waals surface area (Å²) in [5.41, 5.74) is 2.34. The number of nitrogens with zero attached hydrogens (tertiary/aromatic N) is 2. The number of nitrogens with one attached hydrogen (secondary N) is 1. The maximum Gasteiger partial charge on any atom is 0.339 e. The van der Waals surface area contributed by atoms with E-state index in [-0.39, 0.29) is 11.3 Å². The second kappa shape index (κ2) is 5.16. The topological polar surface area (TPSA) is 84.2 Å². The van der Waals surface area contributed by atoms with Gasteiger partial charge in [0.2, 0.25) is 0 Å². The van der Waals surface area contributed by atoms with Crippen LogP contribution >= 0.6 is 0 Å². The van der Waals surface area contributed by atoms with Crippen molar-refractivity contribution in [3.05, 3.63) is 46.8 Å². The van der Waals surface area contributed by atoms with Crippen LogP contribution in [0.1, 0.15) is 32.0 Å². The normalized spacial score (nSPS) is 10.3. The molecule has 20 heavy (non-hydrogen) atoms. The molecule has 0 fully saturated rings. The Morgan fingerprint density at radius 1 is 1.30 bits per heavy atom. The van der Waals surface area contributed by atoms with Crippen LogP contribution in [0.15, 0.2) is 24.4 Å². The predicted molar refractivity (Wildman–Crippen MR) is 74.0 cm³/mol. The average Bonchev–Trinajstić information content (AvgIpc) is 2.76. The van der Waals surface area contributed by atoms with Gasteiger partial charge in [0.25, 0.3) is 5.91 Å². The average molecular weight is 273 g/mol. The summed E-state index contributed by atoms with van der Waals surface area (Å²) < 4.78 is 1.31. The maximum atomic E-state index is 12.2. The Balaban J connectivity index is 2.33. The van der Waals surface area contributed by atoms with Gasteiger partial charge in [0.05, 0.1) is 0 Å². The zero-order chi connectivity index (χ0) is 14.9. The van der Waals surface area contributed by atoms with E-state index in [4.69, 9.17) is 5.11 Å². The number of carbonyl (C=O) groups is 2. The molecule has 6 nitrogen and oxygen atoms in total. The highest BCUT2D eigenvalue weighted by Crippen LogP contribution is 2.18. The van der Waals surface area contributed by atoms with E-state index in [0.717, 1.165) is 11.1 Å². The van der Waals surface area contributed by atoms with E-state index in [1.54, 1.807) is 7.05 Å². The van der Waals surface area contributed by atoms with Gasteiger partial charge >= 0.3 is 5.97 Å². The van der Waals surface area contributed by atoms with Crippen LogP contribution in [-0.2, 0) is 7.05 Å². The first-order valence-electron chi connectivity index (χ1n) is 6.04. The fourth-order valence-electron chi connectivity index (χ4n) is 1.86. The number of carboxylic acids is 1. The first kappa shape index (κ1) is 13.8. The van der Waals surface area contributed by atoms with Crippen LogP contribution in [0.25, 0.3) is 0 Å². The first-order chi connectivity index (χ1) is 9.38. The number of benzene rings is 1. The van der Waals surface area contributed by atoms with Crippen molar-refractivity contribution in [1.82, 2.24) is 9.78 Å². The van der Waals surface area contributed by atoms with Crippen molar-refractivity contribution in [2.75, 3.05) is 5.32 Å². The number of aryl methyl sites for hydroxylation is 3. The smallest absolute Gasteiger partial charge is 0.339 e. The van der Waals surface area contributed by atoms with E-state index in [2.05, 4.69) is 10.4 Å². The Kier molecular flexibility index (Phi) is 3.56. The third kappa shape index (κ3) is 2.69. The number of amides is 1. The molecule has 6 heteroatoms. The highest BCUT2D eigenvalue weighted by atomic mass is 16.4. The van der Waals surface area contributed by atoms with Crippen LogP contribution in [0.5, 0.6) is 0 Å². The van der Waals surface area contributed by atoms with Crippen molar-refractivity contribution in [1.29, 1.82) is 0 Å². The molecule has 1 aromatic carbocycles. The highest BCUT2D eigenvalue weighted by molar-refractivity contribution is 6.09. The van der Waals surface area contributed by atoms with Gasteiger partial charge in [-0.3, -0.25) is 9.48 Å². The van der Waals surface area contributed by atoms with E-state index in [0.29, 0.717) is 5.69 Å². The molecule has 104 valence electrons. The standard InChI is InChI=1S/C14H15N3O3/c1-8-4-5-9(2)11(6-8)15-13(18)12-10(14(19)20)7-17(3)16-12/h4-7H,1-3H3,(H,15,18)(H,19,20). The van der Waals surface area contributed by atoms with Crippen LogP contribution in [-0.4, -0.2) is 26.8 Å². The van der Waals surface area contributed by atoms with Gasteiger partial charge in [-0.25, -0.2) is 4.79 Å². The lowest BCUT2D eigenvalue weighted by molar-refractivity contribution is 0.0692. The van der Waals surface area contributed by atoms with Gasteiger partial charge < -0.3 is 10.4 Å². The van der Waals surface area contributed by atoms with Crippen LogP contribution in [0.3, 0.4) is 0 Å². The summed E-state index contributed by atoms with van der Waals surface area (Å²) in [5.74, 6) is -1.71. The third-order valence-electron chi connectivity index (χ3n) is 2.92. The summed E-state index contributed by atoms with van der Waals surface area (Å²) >= 11 is 0. The van der Waals surface area contributed by atoms with Gasteiger partial charge in [0, 0.05) is 18.9 Å². The molecule has 1 aromatic heterocycles. The van der Waals surface area contributed by atoms with Crippen LogP contribution in [0, 0.1) is 13.8 Å². The molecule has 0 unspecified atom stereocenters. The molecule has 0 saturated heterocycles. The van der Waals surface area contributed by atoms with Crippen LogP contribution < -0.4 is 5.32 Å². The molecule has 0 aliphatic carbocycles. The lowest BCUT2D eigenvalue weighted by Gasteiger charge is -2.08. The van der Waals surface area contributed by atoms with Crippen LogP contribution in [0.2, 0.25) is 0 Å². The summed E-state index contributed by atoms with van der Waals surface area (Å²) in [6, 6.07) is 5.66. The Bertz CT molecular complexity index is 689. The summed E-state index contributed by atoms with van der Waals surface area (Å²) in [5, 5.41) is 15.7. The van der Waals surface area contributed by atoms with Crippen molar-refractivity contribution in [2.45, 2.75) is 13.8 Å². The van der Waals surface area contributed by atoms with Crippen LogP contribution in [0.4, 0.5) is 5.69 Å². The molecule has 2 N–H and O–H groups in total.